The molecule has 2 rings (SSSR count). The highest BCUT2D eigenvalue weighted by atomic mass is 32.2. The van der Waals surface area contributed by atoms with Gasteiger partial charge in [-0.15, -0.1) is 0 Å². The van der Waals surface area contributed by atoms with Crippen molar-refractivity contribution in [3.8, 4) is 0 Å². The maximum atomic E-state index is 11.9. The second-order valence-corrected chi connectivity index (χ2v) is 6.84. The molecule has 1 unspecified atom stereocenters. The van der Waals surface area contributed by atoms with E-state index in [1.807, 2.05) is 0 Å². The van der Waals surface area contributed by atoms with E-state index in [-0.39, 0.29) is 24.0 Å². The monoisotopic (exact) mass is 263 g/mol. The zero-order valence-electron chi connectivity index (χ0n) is 9.97. The molecule has 2 N–H and O–H groups in total. The summed E-state index contributed by atoms with van der Waals surface area (Å²) in [4.78, 5) is 0. The molecule has 0 aromatic carbocycles. The average Bonchev–Trinajstić information content (AvgIpc) is 2.73. The van der Waals surface area contributed by atoms with Crippen LogP contribution in [0.2, 0.25) is 0 Å². The molecule has 2 fully saturated rings. The SMILES string of the molecule is O=S(=O)(CC1CCCO1)NC1CCC(O)CC1. The van der Waals surface area contributed by atoms with E-state index in [9.17, 15) is 13.5 Å². The molecule has 100 valence electrons. The van der Waals surface area contributed by atoms with Crippen molar-refractivity contribution in [2.24, 2.45) is 0 Å². The van der Waals surface area contributed by atoms with Crippen LogP contribution in [0.4, 0.5) is 0 Å². The largest absolute Gasteiger partial charge is 0.393 e. The van der Waals surface area contributed by atoms with Crippen molar-refractivity contribution in [1.29, 1.82) is 0 Å². The Bertz CT molecular complexity index is 329. The first-order valence-corrected chi connectivity index (χ1v) is 8.00. The van der Waals surface area contributed by atoms with E-state index in [4.69, 9.17) is 4.74 Å². The summed E-state index contributed by atoms with van der Waals surface area (Å²) in [6.45, 7) is 0.676. The molecule has 0 bridgehead atoms. The lowest BCUT2D eigenvalue weighted by atomic mass is 9.94. The Labute approximate surface area is 103 Å². The number of hydrogen-bond donors (Lipinski definition) is 2. The van der Waals surface area contributed by atoms with E-state index in [1.165, 1.54) is 0 Å². The molecular weight excluding hydrogens is 242 g/mol. The number of rotatable bonds is 4. The van der Waals surface area contributed by atoms with E-state index in [0.29, 0.717) is 19.4 Å². The second-order valence-electron chi connectivity index (χ2n) is 5.04. The predicted octanol–water partition coefficient (Wildman–Crippen LogP) is 0.388. The lowest BCUT2D eigenvalue weighted by molar-refractivity contribution is 0.119. The molecule has 17 heavy (non-hydrogen) atoms. The van der Waals surface area contributed by atoms with Crippen LogP contribution in [0, 0.1) is 0 Å². The van der Waals surface area contributed by atoms with Crippen LogP contribution in [0.15, 0.2) is 0 Å². The van der Waals surface area contributed by atoms with Crippen LogP contribution < -0.4 is 4.72 Å². The fraction of sp³-hybridized carbons (Fsp3) is 1.00. The molecule has 1 saturated heterocycles. The van der Waals surface area contributed by atoms with Gasteiger partial charge in [0.05, 0.1) is 18.0 Å². The average molecular weight is 263 g/mol. The molecule has 5 nitrogen and oxygen atoms in total. The molecule has 0 amide bonds. The van der Waals surface area contributed by atoms with Gasteiger partial charge in [-0.2, -0.15) is 0 Å². The molecule has 1 aliphatic heterocycles. The van der Waals surface area contributed by atoms with E-state index < -0.39 is 10.0 Å². The molecule has 0 aromatic heterocycles. The van der Waals surface area contributed by atoms with E-state index in [2.05, 4.69) is 4.72 Å². The zero-order valence-corrected chi connectivity index (χ0v) is 10.8. The van der Waals surface area contributed by atoms with E-state index in [1.54, 1.807) is 0 Å². The first kappa shape index (κ1) is 13.3. The molecule has 1 atom stereocenters. The van der Waals surface area contributed by atoms with Crippen molar-refractivity contribution in [3.63, 3.8) is 0 Å². The molecule has 0 radical (unpaired) electrons. The minimum atomic E-state index is -3.24. The van der Waals surface area contributed by atoms with Crippen molar-refractivity contribution in [2.75, 3.05) is 12.4 Å². The maximum absolute atomic E-state index is 11.9. The summed E-state index contributed by atoms with van der Waals surface area (Å²) in [5, 5.41) is 9.36. The van der Waals surface area contributed by atoms with Crippen molar-refractivity contribution < 1.29 is 18.3 Å². The molecule has 1 aliphatic carbocycles. The quantitative estimate of drug-likeness (QED) is 0.769. The van der Waals surface area contributed by atoms with Crippen LogP contribution in [0.5, 0.6) is 0 Å². The Morgan fingerprint density at radius 2 is 1.88 bits per heavy atom. The summed E-state index contributed by atoms with van der Waals surface area (Å²) < 4.78 is 31.8. The summed E-state index contributed by atoms with van der Waals surface area (Å²) in [5.74, 6) is 0.0754. The zero-order chi connectivity index (χ0) is 12.3. The molecule has 1 saturated carbocycles. The maximum Gasteiger partial charge on any atom is 0.214 e. The standard InChI is InChI=1S/C11H21NO4S/c13-10-5-3-9(4-6-10)12-17(14,15)8-11-2-1-7-16-11/h9-13H,1-8H2. The van der Waals surface area contributed by atoms with Gasteiger partial charge < -0.3 is 9.84 Å². The lowest BCUT2D eigenvalue weighted by Gasteiger charge is -2.26. The number of nitrogens with one attached hydrogen (secondary N) is 1. The fourth-order valence-electron chi connectivity index (χ4n) is 2.52. The van der Waals surface area contributed by atoms with Crippen LogP contribution in [0.25, 0.3) is 0 Å². The summed E-state index contributed by atoms with van der Waals surface area (Å²) in [7, 11) is -3.24. The minimum absolute atomic E-state index is 0.00944. The van der Waals surface area contributed by atoms with Gasteiger partial charge in [0.15, 0.2) is 0 Å². The molecule has 6 heteroatoms. The van der Waals surface area contributed by atoms with Crippen molar-refractivity contribution in [1.82, 2.24) is 4.72 Å². The minimum Gasteiger partial charge on any atom is -0.393 e. The molecule has 0 spiro atoms. The molecular formula is C11H21NO4S. The fourth-order valence-corrected chi connectivity index (χ4v) is 4.11. The highest BCUT2D eigenvalue weighted by Crippen LogP contribution is 2.20. The van der Waals surface area contributed by atoms with Gasteiger partial charge in [-0.25, -0.2) is 13.1 Å². The van der Waals surface area contributed by atoms with Gasteiger partial charge >= 0.3 is 0 Å². The number of ether oxygens (including phenoxy) is 1. The number of sulfonamides is 1. The Hall–Kier alpha value is -0.170. The number of hydrogen-bond acceptors (Lipinski definition) is 4. The second kappa shape index (κ2) is 5.65. The molecule has 1 heterocycles. The van der Waals surface area contributed by atoms with Crippen LogP contribution in [-0.4, -0.2) is 44.1 Å². The third-order valence-electron chi connectivity index (χ3n) is 3.47. The molecule has 0 aromatic rings. The summed E-state index contributed by atoms with van der Waals surface area (Å²) in [5.41, 5.74) is 0. The highest BCUT2D eigenvalue weighted by Gasteiger charge is 2.27. The first-order valence-electron chi connectivity index (χ1n) is 6.35. The van der Waals surface area contributed by atoms with Crippen LogP contribution in [0.1, 0.15) is 38.5 Å². The van der Waals surface area contributed by atoms with Gasteiger partial charge in [0.25, 0.3) is 0 Å². The van der Waals surface area contributed by atoms with Gasteiger partial charge in [0, 0.05) is 12.6 Å². The first-order chi connectivity index (χ1) is 8.05. The van der Waals surface area contributed by atoms with Gasteiger partial charge in [-0.05, 0) is 38.5 Å². The van der Waals surface area contributed by atoms with Crippen LogP contribution >= 0.6 is 0 Å². The summed E-state index contributed by atoms with van der Waals surface area (Å²) in [6, 6.07) is -0.00944. The Morgan fingerprint density at radius 1 is 1.18 bits per heavy atom. The Balaban J connectivity index is 1.80. The Morgan fingerprint density at radius 3 is 2.47 bits per heavy atom. The summed E-state index contributed by atoms with van der Waals surface area (Å²) in [6.07, 6.45) is 4.23. The van der Waals surface area contributed by atoms with Gasteiger partial charge in [0.2, 0.25) is 10.0 Å². The summed E-state index contributed by atoms with van der Waals surface area (Å²) >= 11 is 0. The third-order valence-corrected chi connectivity index (χ3v) is 4.98. The number of aliphatic hydroxyl groups excluding tert-OH is 1. The van der Waals surface area contributed by atoms with E-state index >= 15 is 0 Å². The predicted molar refractivity (Wildman–Crippen MR) is 64.2 cm³/mol. The van der Waals surface area contributed by atoms with Crippen molar-refractivity contribution in [2.45, 2.75) is 56.8 Å². The Kier molecular flexibility index (Phi) is 4.41. The van der Waals surface area contributed by atoms with E-state index in [0.717, 1.165) is 25.7 Å². The highest BCUT2D eigenvalue weighted by molar-refractivity contribution is 7.89. The number of aliphatic hydroxyl groups is 1. The van der Waals surface area contributed by atoms with Gasteiger partial charge in [-0.1, -0.05) is 0 Å². The smallest absolute Gasteiger partial charge is 0.214 e. The topological polar surface area (TPSA) is 75.6 Å². The van der Waals surface area contributed by atoms with Crippen molar-refractivity contribution >= 4 is 10.0 Å². The normalized spacial score (nSPS) is 35.0. The molecule has 2 aliphatic rings. The van der Waals surface area contributed by atoms with Crippen LogP contribution in [0.3, 0.4) is 0 Å². The lowest BCUT2D eigenvalue weighted by Crippen LogP contribution is -2.41. The third kappa shape index (κ3) is 4.21. The van der Waals surface area contributed by atoms with Gasteiger partial charge in [0.1, 0.15) is 0 Å². The van der Waals surface area contributed by atoms with Crippen molar-refractivity contribution in [3.05, 3.63) is 0 Å². The van der Waals surface area contributed by atoms with Crippen LogP contribution in [-0.2, 0) is 14.8 Å². The van der Waals surface area contributed by atoms with Gasteiger partial charge in [-0.3, -0.25) is 0 Å².